The minimum absolute atomic E-state index is 0.0429. The second-order valence-electron chi connectivity index (χ2n) is 6.62. The summed E-state index contributed by atoms with van der Waals surface area (Å²) < 4.78 is 5.64. The predicted molar refractivity (Wildman–Crippen MR) is 104 cm³/mol. The van der Waals surface area contributed by atoms with Gasteiger partial charge in [-0.25, -0.2) is 0 Å². The predicted octanol–water partition coefficient (Wildman–Crippen LogP) is 3.72. The third-order valence-corrected chi connectivity index (χ3v) is 4.97. The van der Waals surface area contributed by atoms with Gasteiger partial charge in [0, 0.05) is 36.5 Å². The molecule has 142 valence electrons. The van der Waals surface area contributed by atoms with Gasteiger partial charge in [-0.05, 0) is 42.3 Å². The lowest BCUT2D eigenvalue weighted by molar-refractivity contribution is -0.384. The van der Waals surface area contributed by atoms with Gasteiger partial charge < -0.3 is 14.6 Å². The largest absolute Gasteiger partial charge is 0.467 e. The average Bonchev–Trinajstić information content (AvgIpc) is 3.39. The summed E-state index contributed by atoms with van der Waals surface area (Å²) in [6.45, 7) is 1.20. The molecule has 3 aromatic rings. The van der Waals surface area contributed by atoms with Crippen LogP contribution in [-0.4, -0.2) is 23.9 Å². The van der Waals surface area contributed by atoms with E-state index in [-0.39, 0.29) is 17.6 Å². The van der Waals surface area contributed by atoms with Crippen molar-refractivity contribution in [3.63, 3.8) is 0 Å². The zero-order valence-corrected chi connectivity index (χ0v) is 15.1. The molecule has 28 heavy (non-hydrogen) atoms. The summed E-state index contributed by atoms with van der Waals surface area (Å²) in [5, 5.41) is 13.7. The van der Waals surface area contributed by atoms with Crippen molar-refractivity contribution in [2.45, 2.75) is 12.5 Å². The fourth-order valence-corrected chi connectivity index (χ4v) is 3.56. The summed E-state index contributed by atoms with van der Waals surface area (Å²) in [5.41, 5.74) is 2.76. The number of carbonyl (C=O) groups excluding carboxylic acids is 1. The third kappa shape index (κ3) is 3.46. The smallest absolute Gasteiger partial charge is 0.269 e. The standard InChI is InChI=1S/C21H19N3O4/c25-21(16-7-9-17(10-8-16)24(26)27)22-14-19(20-6-3-13-28-20)23-12-11-15-4-1-2-5-18(15)23/h1-10,13,19H,11-12,14H2,(H,22,25)/t19-/m1/s1. The molecule has 0 saturated carbocycles. The second kappa shape index (κ2) is 7.56. The minimum Gasteiger partial charge on any atom is -0.467 e. The summed E-state index contributed by atoms with van der Waals surface area (Å²) >= 11 is 0. The molecule has 0 fully saturated rings. The third-order valence-electron chi connectivity index (χ3n) is 4.97. The molecule has 7 heteroatoms. The van der Waals surface area contributed by atoms with Crippen molar-refractivity contribution >= 4 is 17.3 Å². The maximum Gasteiger partial charge on any atom is 0.269 e. The summed E-state index contributed by atoms with van der Waals surface area (Å²) in [4.78, 5) is 25.0. The molecular weight excluding hydrogens is 358 g/mol. The molecule has 0 saturated heterocycles. The summed E-state index contributed by atoms with van der Waals surface area (Å²) in [6, 6.07) is 17.4. The molecule has 1 atom stereocenters. The lowest BCUT2D eigenvalue weighted by atomic mass is 10.1. The van der Waals surface area contributed by atoms with E-state index in [4.69, 9.17) is 4.42 Å². The first-order valence-electron chi connectivity index (χ1n) is 9.04. The highest BCUT2D eigenvalue weighted by molar-refractivity contribution is 5.94. The molecule has 1 amide bonds. The number of anilines is 1. The van der Waals surface area contributed by atoms with Gasteiger partial charge in [0.15, 0.2) is 0 Å². The van der Waals surface area contributed by atoms with Crippen LogP contribution in [0.3, 0.4) is 0 Å². The van der Waals surface area contributed by atoms with E-state index in [1.807, 2.05) is 24.3 Å². The van der Waals surface area contributed by atoms with Crippen molar-refractivity contribution in [3.8, 4) is 0 Å². The molecule has 4 rings (SSSR count). The number of nitro benzene ring substituents is 1. The van der Waals surface area contributed by atoms with Gasteiger partial charge in [-0.2, -0.15) is 0 Å². The Balaban J connectivity index is 1.51. The fraction of sp³-hybridized carbons (Fsp3) is 0.190. The van der Waals surface area contributed by atoms with E-state index in [1.54, 1.807) is 6.26 Å². The molecule has 1 aliphatic rings. The van der Waals surface area contributed by atoms with Crippen LogP contribution in [0.15, 0.2) is 71.3 Å². The molecule has 1 aromatic heterocycles. The molecular formula is C21H19N3O4. The van der Waals surface area contributed by atoms with Crippen LogP contribution in [0.4, 0.5) is 11.4 Å². The Morgan fingerprint density at radius 3 is 2.64 bits per heavy atom. The van der Waals surface area contributed by atoms with Gasteiger partial charge in [-0.15, -0.1) is 0 Å². The highest BCUT2D eigenvalue weighted by Crippen LogP contribution is 2.35. The number of carbonyl (C=O) groups is 1. The van der Waals surface area contributed by atoms with Crippen LogP contribution in [0.2, 0.25) is 0 Å². The van der Waals surface area contributed by atoms with Gasteiger partial charge in [0.2, 0.25) is 0 Å². The fourth-order valence-electron chi connectivity index (χ4n) is 3.56. The number of fused-ring (bicyclic) bond motifs is 1. The SMILES string of the molecule is O=C(NC[C@H](c1ccco1)N1CCc2ccccc21)c1ccc([N+](=O)[O-])cc1. The number of nitrogens with zero attached hydrogens (tertiary/aromatic N) is 2. The van der Waals surface area contributed by atoms with Crippen molar-refractivity contribution in [2.24, 2.45) is 0 Å². The minimum atomic E-state index is -0.487. The van der Waals surface area contributed by atoms with E-state index in [2.05, 4.69) is 22.3 Å². The summed E-state index contributed by atoms with van der Waals surface area (Å²) in [5.74, 6) is 0.500. The molecule has 2 aromatic carbocycles. The number of nitrogens with one attached hydrogen (secondary N) is 1. The van der Waals surface area contributed by atoms with Crippen LogP contribution in [0.25, 0.3) is 0 Å². The first kappa shape index (κ1) is 17.8. The molecule has 7 nitrogen and oxygen atoms in total. The summed E-state index contributed by atoms with van der Waals surface area (Å²) in [6.07, 6.45) is 2.58. The molecule has 2 heterocycles. The first-order chi connectivity index (χ1) is 13.6. The van der Waals surface area contributed by atoms with E-state index in [0.29, 0.717) is 12.1 Å². The number of non-ortho nitro benzene ring substituents is 1. The summed E-state index contributed by atoms with van der Waals surface area (Å²) in [7, 11) is 0. The number of hydrogen-bond acceptors (Lipinski definition) is 5. The Kier molecular flexibility index (Phi) is 4.80. The Hall–Kier alpha value is -3.61. The quantitative estimate of drug-likeness (QED) is 0.522. The number of hydrogen-bond donors (Lipinski definition) is 1. The highest BCUT2D eigenvalue weighted by Gasteiger charge is 2.29. The maximum atomic E-state index is 12.5. The van der Waals surface area contributed by atoms with Crippen molar-refractivity contribution < 1.29 is 14.1 Å². The maximum absolute atomic E-state index is 12.5. The van der Waals surface area contributed by atoms with Gasteiger partial charge in [0.1, 0.15) is 11.8 Å². The zero-order chi connectivity index (χ0) is 19.5. The topological polar surface area (TPSA) is 88.6 Å². The molecule has 0 spiro atoms. The lowest BCUT2D eigenvalue weighted by Gasteiger charge is -2.29. The normalized spacial score (nSPS) is 13.8. The second-order valence-corrected chi connectivity index (χ2v) is 6.62. The lowest BCUT2D eigenvalue weighted by Crippen LogP contribution is -2.37. The number of benzene rings is 2. The number of nitro groups is 1. The van der Waals surface area contributed by atoms with Gasteiger partial charge in [-0.1, -0.05) is 18.2 Å². The van der Waals surface area contributed by atoms with Crippen LogP contribution in [-0.2, 0) is 6.42 Å². The van der Waals surface area contributed by atoms with Gasteiger partial charge >= 0.3 is 0 Å². The molecule has 0 bridgehead atoms. The number of para-hydroxylation sites is 1. The highest BCUT2D eigenvalue weighted by atomic mass is 16.6. The van der Waals surface area contributed by atoms with Crippen LogP contribution < -0.4 is 10.2 Å². The van der Waals surface area contributed by atoms with Crippen molar-refractivity contribution in [2.75, 3.05) is 18.0 Å². The van der Waals surface area contributed by atoms with E-state index in [1.165, 1.54) is 29.8 Å². The molecule has 1 N–H and O–H groups in total. The van der Waals surface area contributed by atoms with Gasteiger partial charge in [0.25, 0.3) is 11.6 Å². The Labute approximate surface area is 161 Å². The number of amides is 1. The van der Waals surface area contributed by atoms with Crippen LogP contribution in [0.1, 0.15) is 27.7 Å². The zero-order valence-electron chi connectivity index (χ0n) is 15.1. The van der Waals surface area contributed by atoms with Crippen LogP contribution >= 0.6 is 0 Å². The molecule has 1 aliphatic heterocycles. The Morgan fingerprint density at radius 1 is 1.14 bits per heavy atom. The van der Waals surface area contributed by atoms with Gasteiger partial charge in [-0.3, -0.25) is 14.9 Å². The number of rotatable bonds is 6. The van der Waals surface area contributed by atoms with E-state index >= 15 is 0 Å². The Morgan fingerprint density at radius 2 is 1.93 bits per heavy atom. The molecule has 0 aliphatic carbocycles. The van der Waals surface area contributed by atoms with Gasteiger partial charge in [0.05, 0.1) is 11.2 Å². The van der Waals surface area contributed by atoms with E-state index in [0.717, 1.165) is 24.4 Å². The monoisotopic (exact) mass is 377 g/mol. The van der Waals surface area contributed by atoms with Crippen molar-refractivity contribution in [1.82, 2.24) is 5.32 Å². The average molecular weight is 377 g/mol. The van der Waals surface area contributed by atoms with E-state index < -0.39 is 4.92 Å². The number of furan rings is 1. The molecule has 0 radical (unpaired) electrons. The van der Waals surface area contributed by atoms with E-state index in [9.17, 15) is 14.9 Å². The van der Waals surface area contributed by atoms with Crippen molar-refractivity contribution in [3.05, 3.63) is 93.9 Å². The van der Waals surface area contributed by atoms with Crippen LogP contribution in [0.5, 0.6) is 0 Å². The molecule has 0 unspecified atom stereocenters. The van der Waals surface area contributed by atoms with Crippen LogP contribution in [0, 0.1) is 10.1 Å². The first-order valence-corrected chi connectivity index (χ1v) is 9.04. The Bertz CT molecular complexity index is 983. The van der Waals surface area contributed by atoms with Crippen molar-refractivity contribution in [1.29, 1.82) is 0 Å².